The molecule has 2 fully saturated rings. The number of nitrogens with one attached hydrogen (secondary N) is 1. The molecule has 0 heterocycles. The molecule has 0 bridgehead atoms. The molecule has 2 rings (SSSR count). The molecular formula is C15H31N2NaO3S. The third-order valence-corrected chi connectivity index (χ3v) is 5.92. The van der Waals surface area contributed by atoms with Crippen molar-refractivity contribution in [3.63, 3.8) is 0 Å². The van der Waals surface area contributed by atoms with Crippen LogP contribution in [0, 0.1) is 11.8 Å². The van der Waals surface area contributed by atoms with Gasteiger partial charge in [0.05, 0.1) is 5.75 Å². The van der Waals surface area contributed by atoms with Crippen molar-refractivity contribution in [2.45, 2.75) is 69.9 Å². The molecule has 0 amide bonds. The first-order chi connectivity index (χ1) is 9.92. The zero-order chi connectivity index (χ0) is 15.3. The molecule has 0 radical (unpaired) electrons. The molecule has 126 valence electrons. The first-order valence-electron chi connectivity index (χ1n) is 8.36. The van der Waals surface area contributed by atoms with E-state index in [1.165, 1.54) is 44.9 Å². The van der Waals surface area contributed by atoms with Crippen molar-refractivity contribution in [1.82, 2.24) is 5.32 Å². The van der Waals surface area contributed by atoms with E-state index in [2.05, 4.69) is 5.32 Å². The van der Waals surface area contributed by atoms with Gasteiger partial charge in [0.15, 0.2) is 0 Å². The average molecular weight is 342 g/mol. The Kier molecular flexibility index (Phi) is 9.46. The molecule has 0 aromatic carbocycles. The van der Waals surface area contributed by atoms with Crippen LogP contribution in [0.3, 0.4) is 0 Å². The van der Waals surface area contributed by atoms with E-state index in [1.54, 1.807) is 0 Å². The monoisotopic (exact) mass is 342 g/mol. The van der Waals surface area contributed by atoms with E-state index in [9.17, 15) is 8.42 Å². The summed E-state index contributed by atoms with van der Waals surface area (Å²) in [6.07, 6.45) is 11.1. The molecule has 7 heteroatoms. The van der Waals surface area contributed by atoms with Gasteiger partial charge in [-0.05, 0) is 69.6 Å². The van der Waals surface area contributed by atoms with E-state index >= 15 is 0 Å². The van der Waals surface area contributed by atoms with Crippen molar-refractivity contribution in [2.24, 2.45) is 17.6 Å². The van der Waals surface area contributed by atoms with Crippen molar-refractivity contribution < 1.29 is 13.0 Å². The minimum absolute atomic E-state index is 0. The van der Waals surface area contributed by atoms with Crippen LogP contribution in [-0.2, 0) is 10.1 Å². The van der Waals surface area contributed by atoms with Crippen molar-refractivity contribution in [1.29, 1.82) is 0 Å². The van der Waals surface area contributed by atoms with Crippen LogP contribution in [0.4, 0.5) is 0 Å². The predicted molar refractivity (Wildman–Crippen MR) is 91.9 cm³/mol. The fraction of sp³-hybridized carbons (Fsp3) is 1.00. The van der Waals surface area contributed by atoms with Gasteiger partial charge in [0.2, 0.25) is 0 Å². The summed E-state index contributed by atoms with van der Waals surface area (Å²) in [6, 6.07) is 0.853. The molecule has 2 aliphatic rings. The standard InChI is InChI=1S/C15H30N2O3S.Na.H/c16-14-5-1-12(2-6-14)11-13-3-7-15(8-4-13)17-9-10-21(18,19)20;;/h12-15,17H,1-11,16H2,(H,18,19,20);;. The summed E-state index contributed by atoms with van der Waals surface area (Å²) in [5.41, 5.74) is 5.96. The molecule has 0 atom stereocenters. The summed E-state index contributed by atoms with van der Waals surface area (Å²) in [5, 5.41) is 3.25. The Labute approximate surface area is 157 Å². The van der Waals surface area contributed by atoms with Gasteiger partial charge in [0.25, 0.3) is 10.1 Å². The fourth-order valence-corrected chi connectivity index (χ4v) is 4.27. The molecule has 0 aliphatic heterocycles. The third-order valence-electron chi connectivity index (χ3n) is 5.20. The number of rotatable bonds is 6. The van der Waals surface area contributed by atoms with E-state index in [0.29, 0.717) is 18.6 Å². The molecule has 0 aromatic rings. The summed E-state index contributed by atoms with van der Waals surface area (Å²) < 4.78 is 30.1. The van der Waals surface area contributed by atoms with E-state index in [-0.39, 0.29) is 35.3 Å². The van der Waals surface area contributed by atoms with Gasteiger partial charge in [0.1, 0.15) is 0 Å². The van der Waals surface area contributed by atoms with Crippen molar-refractivity contribution in [2.75, 3.05) is 12.3 Å². The summed E-state index contributed by atoms with van der Waals surface area (Å²) >= 11 is 0. The van der Waals surface area contributed by atoms with E-state index < -0.39 is 10.1 Å². The predicted octanol–water partition coefficient (Wildman–Crippen LogP) is 1.28. The molecule has 0 aromatic heterocycles. The molecule has 22 heavy (non-hydrogen) atoms. The summed E-state index contributed by atoms with van der Waals surface area (Å²) in [7, 11) is -3.83. The Morgan fingerprint density at radius 2 is 1.45 bits per heavy atom. The van der Waals surface area contributed by atoms with Crippen LogP contribution in [0.5, 0.6) is 0 Å². The molecular weight excluding hydrogens is 311 g/mol. The zero-order valence-electron chi connectivity index (χ0n) is 12.8. The Bertz CT molecular complexity index is 403. The fourth-order valence-electron chi connectivity index (χ4n) is 3.89. The summed E-state index contributed by atoms with van der Waals surface area (Å²) in [6.45, 7) is 0.356. The maximum absolute atomic E-state index is 10.7. The van der Waals surface area contributed by atoms with E-state index in [0.717, 1.165) is 24.7 Å². The molecule has 0 saturated heterocycles. The van der Waals surface area contributed by atoms with Crippen LogP contribution in [-0.4, -0.2) is 66.9 Å². The SMILES string of the molecule is NC1CCC(CC2CCC(NCCS(=O)(=O)O)CC2)CC1.[NaH]. The van der Waals surface area contributed by atoms with Gasteiger partial charge in [-0.1, -0.05) is 0 Å². The molecule has 0 spiro atoms. The van der Waals surface area contributed by atoms with Crippen LogP contribution >= 0.6 is 0 Å². The van der Waals surface area contributed by atoms with Crippen molar-refractivity contribution in [3.8, 4) is 0 Å². The van der Waals surface area contributed by atoms with Gasteiger partial charge in [-0.2, -0.15) is 8.42 Å². The first-order valence-corrected chi connectivity index (χ1v) is 9.97. The van der Waals surface area contributed by atoms with Gasteiger partial charge in [-0.3, -0.25) is 4.55 Å². The summed E-state index contributed by atoms with van der Waals surface area (Å²) in [4.78, 5) is 0. The molecule has 0 unspecified atom stereocenters. The Hall–Kier alpha value is 0.830. The number of hydrogen-bond donors (Lipinski definition) is 3. The Balaban J connectivity index is 0.00000242. The van der Waals surface area contributed by atoms with Crippen LogP contribution in [0.25, 0.3) is 0 Å². The second-order valence-corrected chi connectivity index (χ2v) is 8.55. The second-order valence-electron chi connectivity index (χ2n) is 6.97. The van der Waals surface area contributed by atoms with E-state index in [1.807, 2.05) is 0 Å². The maximum atomic E-state index is 10.7. The minimum atomic E-state index is -3.83. The van der Waals surface area contributed by atoms with Crippen LogP contribution in [0.2, 0.25) is 0 Å². The zero-order valence-corrected chi connectivity index (χ0v) is 13.7. The Morgan fingerprint density at radius 3 is 1.95 bits per heavy atom. The van der Waals surface area contributed by atoms with E-state index in [4.69, 9.17) is 10.3 Å². The van der Waals surface area contributed by atoms with Crippen LogP contribution in [0.15, 0.2) is 0 Å². The van der Waals surface area contributed by atoms with Crippen molar-refractivity contribution in [3.05, 3.63) is 0 Å². The first kappa shape index (κ1) is 20.9. The van der Waals surface area contributed by atoms with Gasteiger partial charge in [-0.25, -0.2) is 0 Å². The van der Waals surface area contributed by atoms with Gasteiger partial charge in [0, 0.05) is 18.6 Å². The molecule has 2 saturated carbocycles. The summed E-state index contributed by atoms with van der Waals surface area (Å²) in [5.74, 6) is 1.53. The molecule has 5 nitrogen and oxygen atoms in total. The third kappa shape index (κ3) is 8.08. The van der Waals surface area contributed by atoms with Gasteiger partial charge in [-0.15, -0.1) is 0 Å². The molecule has 2 aliphatic carbocycles. The van der Waals surface area contributed by atoms with Gasteiger partial charge < -0.3 is 11.1 Å². The second kappa shape index (κ2) is 9.97. The van der Waals surface area contributed by atoms with Gasteiger partial charge >= 0.3 is 29.6 Å². The van der Waals surface area contributed by atoms with Crippen LogP contribution < -0.4 is 11.1 Å². The average Bonchev–Trinajstić information content (AvgIpc) is 2.42. The van der Waals surface area contributed by atoms with Crippen molar-refractivity contribution >= 4 is 39.7 Å². The van der Waals surface area contributed by atoms with Crippen LogP contribution in [0.1, 0.15) is 57.8 Å². The topological polar surface area (TPSA) is 92.4 Å². The quantitative estimate of drug-likeness (QED) is 0.499. The molecule has 4 N–H and O–H groups in total. The Morgan fingerprint density at radius 1 is 0.955 bits per heavy atom. The number of nitrogens with two attached hydrogens (primary N) is 1. The normalized spacial score (nSPS) is 33.2. The number of hydrogen-bond acceptors (Lipinski definition) is 4.